The van der Waals surface area contributed by atoms with Gasteiger partial charge in [-0.1, -0.05) is 47.7 Å². The predicted octanol–water partition coefficient (Wildman–Crippen LogP) is 4.24. The van der Waals surface area contributed by atoms with Crippen LogP contribution in [0.1, 0.15) is 17.0 Å². The quantitative estimate of drug-likeness (QED) is 0.484. The summed E-state index contributed by atoms with van der Waals surface area (Å²) in [4.78, 5) is 21.0. The van der Waals surface area contributed by atoms with Gasteiger partial charge in [-0.3, -0.25) is 9.67 Å². The average molecular weight is 420 g/mol. The highest BCUT2D eigenvalue weighted by molar-refractivity contribution is 7.17. The number of benzene rings is 1. The third-order valence-electron chi connectivity index (χ3n) is 4.40. The second-order valence-electron chi connectivity index (χ2n) is 6.66. The van der Waals surface area contributed by atoms with E-state index in [0.717, 1.165) is 34.9 Å². The Morgan fingerprint density at radius 1 is 1.13 bits per heavy atom. The molecule has 0 saturated carbocycles. The molecule has 0 atom stereocenters. The summed E-state index contributed by atoms with van der Waals surface area (Å²) in [6.45, 7) is 2.95. The molecule has 8 heteroatoms. The molecule has 0 saturated heterocycles. The summed E-state index contributed by atoms with van der Waals surface area (Å²) in [5.74, 6) is 0. The molecule has 3 heterocycles. The van der Waals surface area contributed by atoms with Crippen LogP contribution < -0.4 is 10.1 Å². The van der Waals surface area contributed by atoms with Crippen LogP contribution in [0.3, 0.4) is 0 Å². The van der Waals surface area contributed by atoms with Crippen molar-refractivity contribution in [3.8, 4) is 15.8 Å². The number of hydrogen-bond donors (Lipinski definition) is 1. The van der Waals surface area contributed by atoms with Crippen LogP contribution in [0.15, 0.2) is 67.0 Å². The number of nitrogens with zero attached hydrogens (tertiary/aromatic N) is 4. The summed E-state index contributed by atoms with van der Waals surface area (Å²) in [6, 6.07) is 17.5. The van der Waals surface area contributed by atoms with Gasteiger partial charge in [0.2, 0.25) is 5.06 Å². The fourth-order valence-electron chi connectivity index (χ4n) is 2.85. The van der Waals surface area contributed by atoms with Gasteiger partial charge >= 0.3 is 6.09 Å². The van der Waals surface area contributed by atoms with Crippen molar-refractivity contribution in [3.05, 3.63) is 83.9 Å². The molecule has 152 valence electrons. The molecular weight excluding hydrogens is 398 g/mol. The standard InChI is InChI=1S/C22H21N5O2S/c1-16-21(29-22(28)24-15-17-7-3-2-4-8-17)30-20(25-16)19-11-14-27(26-19)13-10-18-9-5-6-12-23-18/h2-9,11-12,14H,10,13,15H2,1H3,(H,24,28). The number of rotatable bonds is 7. The Morgan fingerprint density at radius 2 is 1.97 bits per heavy atom. The maximum Gasteiger partial charge on any atom is 0.413 e. The van der Waals surface area contributed by atoms with E-state index in [9.17, 15) is 4.79 Å². The molecule has 4 aromatic rings. The maximum atomic E-state index is 12.1. The first-order valence-corrected chi connectivity index (χ1v) is 10.4. The summed E-state index contributed by atoms with van der Waals surface area (Å²) in [5, 5.41) is 8.53. The number of aromatic nitrogens is 4. The van der Waals surface area contributed by atoms with E-state index in [0.29, 0.717) is 17.3 Å². The molecule has 0 aliphatic rings. The fourth-order valence-corrected chi connectivity index (χ4v) is 3.73. The van der Waals surface area contributed by atoms with Gasteiger partial charge in [-0.05, 0) is 30.7 Å². The van der Waals surface area contributed by atoms with Gasteiger partial charge in [-0.2, -0.15) is 5.10 Å². The number of carbonyl (C=O) groups is 1. The highest BCUT2D eigenvalue weighted by Gasteiger charge is 2.16. The number of carbonyl (C=O) groups excluding carboxylic acids is 1. The van der Waals surface area contributed by atoms with Crippen LogP contribution in [0.25, 0.3) is 10.7 Å². The Labute approximate surface area is 178 Å². The molecule has 30 heavy (non-hydrogen) atoms. The summed E-state index contributed by atoms with van der Waals surface area (Å²) >= 11 is 1.31. The van der Waals surface area contributed by atoms with Gasteiger partial charge in [0.05, 0.1) is 5.69 Å². The van der Waals surface area contributed by atoms with E-state index >= 15 is 0 Å². The molecular formula is C22H21N5O2S. The highest BCUT2D eigenvalue weighted by atomic mass is 32.1. The van der Waals surface area contributed by atoms with Gasteiger partial charge in [0.15, 0.2) is 0 Å². The van der Waals surface area contributed by atoms with Crippen molar-refractivity contribution in [3.63, 3.8) is 0 Å². The molecule has 7 nitrogen and oxygen atoms in total. The second kappa shape index (κ2) is 9.32. The first-order chi connectivity index (χ1) is 14.7. The normalized spacial score (nSPS) is 10.7. The largest absolute Gasteiger partial charge is 0.413 e. The van der Waals surface area contributed by atoms with Gasteiger partial charge in [0, 0.05) is 37.6 Å². The van der Waals surface area contributed by atoms with Gasteiger partial charge in [-0.15, -0.1) is 0 Å². The number of aryl methyl sites for hydroxylation is 3. The first-order valence-electron chi connectivity index (χ1n) is 9.58. The fraction of sp³-hybridized carbons (Fsp3) is 0.182. The summed E-state index contributed by atoms with van der Waals surface area (Å²) < 4.78 is 7.31. The number of amides is 1. The van der Waals surface area contributed by atoms with E-state index in [1.807, 2.05) is 72.4 Å². The van der Waals surface area contributed by atoms with E-state index in [4.69, 9.17) is 4.74 Å². The van der Waals surface area contributed by atoms with Gasteiger partial charge in [-0.25, -0.2) is 9.78 Å². The number of thiazole rings is 1. The van der Waals surface area contributed by atoms with Crippen LogP contribution in [0, 0.1) is 6.92 Å². The highest BCUT2D eigenvalue weighted by Crippen LogP contribution is 2.32. The minimum Gasteiger partial charge on any atom is -0.397 e. The molecule has 1 N–H and O–H groups in total. The van der Waals surface area contributed by atoms with E-state index in [2.05, 4.69) is 20.4 Å². The minimum atomic E-state index is -0.502. The zero-order chi connectivity index (χ0) is 20.8. The lowest BCUT2D eigenvalue weighted by Gasteiger charge is -2.05. The Morgan fingerprint density at radius 3 is 2.77 bits per heavy atom. The molecule has 4 rings (SSSR count). The minimum absolute atomic E-state index is 0.408. The molecule has 0 fully saturated rings. The molecule has 0 spiro atoms. The van der Waals surface area contributed by atoms with Gasteiger partial charge < -0.3 is 10.1 Å². The molecule has 1 amide bonds. The SMILES string of the molecule is Cc1nc(-c2ccn(CCc3ccccn3)n2)sc1OC(=O)NCc1ccccc1. The second-order valence-corrected chi connectivity index (χ2v) is 7.62. The Bertz CT molecular complexity index is 1110. The van der Waals surface area contributed by atoms with Crippen molar-refractivity contribution in [2.75, 3.05) is 0 Å². The lowest BCUT2D eigenvalue weighted by atomic mass is 10.2. The first kappa shape index (κ1) is 19.8. The van der Waals surface area contributed by atoms with Crippen LogP contribution in [0.5, 0.6) is 5.06 Å². The van der Waals surface area contributed by atoms with E-state index < -0.39 is 6.09 Å². The third-order valence-corrected chi connectivity index (χ3v) is 5.46. The number of nitrogens with one attached hydrogen (secondary N) is 1. The van der Waals surface area contributed by atoms with Crippen molar-refractivity contribution >= 4 is 17.4 Å². The zero-order valence-corrected chi connectivity index (χ0v) is 17.3. The summed E-state index contributed by atoms with van der Waals surface area (Å²) in [5.41, 5.74) is 3.45. The lowest BCUT2D eigenvalue weighted by Crippen LogP contribution is -2.26. The summed E-state index contributed by atoms with van der Waals surface area (Å²) in [7, 11) is 0. The molecule has 1 aromatic carbocycles. The molecule has 0 unspecified atom stereocenters. The Balaban J connectivity index is 1.35. The topological polar surface area (TPSA) is 81.9 Å². The van der Waals surface area contributed by atoms with Gasteiger partial charge in [0.25, 0.3) is 0 Å². The third kappa shape index (κ3) is 5.09. The molecule has 3 aromatic heterocycles. The molecule has 0 aliphatic heterocycles. The van der Waals surface area contributed by atoms with Crippen LogP contribution in [-0.2, 0) is 19.5 Å². The van der Waals surface area contributed by atoms with Crippen molar-refractivity contribution < 1.29 is 9.53 Å². The number of hydrogen-bond acceptors (Lipinski definition) is 6. The lowest BCUT2D eigenvalue weighted by molar-refractivity contribution is 0.201. The van der Waals surface area contributed by atoms with Crippen molar-refractivity contribution in [1.82, 2.24) is 25.1 Å². The van der Waals surface area contributed by atoms with E-state index in [-0.39, 0.29) is 0 Å². The molecule has 0 radical (unpaired) electrons. The number of pyridine rings is 1. The van der Waals surface area contributed by atoms with Crippen LogP contribution in [0.4, 0.5) is 4.79 Å². The van der Waals surface area contributed by atoms with Crippen molar-refractivity contribution in [2.45, 2.75) is 26.4 Å². The molecule has 0 bridgehead atoms. The van der Waals surface area contributed by atoms with Crippen LogP contribution >= 0.6 is 11.3 Å². The van der Waals surface area contributed by atoms with Crippen LogP contribution in [-0.4, -0.2) is 25.8 Å². The number of ether oxygens (including phenoxy) is 1. The predicted molar refractivity (Wildman–Crippen MR) is 115 cm³/mol. The van der Waals surface area contributed by atoms with Crippen molar-refractivity contribution in [2.24, 2.45) is 0 Å². The van der Waals surface area contributed by atoms with Gasteiger partial charge in [0.1, 0.15) is 10.7 Å². The average Bonchev–Trinajstić information content (AvgIpc) is 3.39. The maximum absolute atomic E-state index is 12.1. The van der Waals surface area contributed by atoms with E-state index in [1.165, 1.54) is 11.3 Å². The Kier molecular flexibility index (Phi) is 6.14. The monoisotopic (exact) mass is 419 g/mol. The van der Waals surface area contributed by atoms with E-state index in [1.54, 1.807) is 6.20 Å². The van der Waals surface area contributed by atoms with Crippen LogP contribution in [0.2, 0.25) is 0 Å². The summed E-state index contributed by atoms with van der Waals surface area (Å²) in [6.07, 6.45) is 4.01. The zero-order valence-electron chi connectivity index (χ0n) is 16.5. The van der Waals surface area contributed by atoms with Crippen molar-refractivity contribution in [1.29, 1.82) is 0 Å². The Hall–Kier alpha value is -3.52. The smallest absolute Gasteiger partial charge is 0.397 e. The molecule has 0 aliphatic carbocycles.